The van der Waals surface area contributed by atoms with Gasteiger partial charge in [-0.1, -0.05) is 6.07 Å². The van der Waals surface area contributed by atoms with E-state index in [9.17, 15) is 26.7 Å². The van der Waals surface area contributed by atoms with E-state index in [0.717, 1.165) is 28.2 Å². The van der Waals surface area contributed by atoms with E-state index in [1.807, 2.05) is 0 Å². The summed E-state index contributed by atoms with van der Waals surface area (Å²) in [6.07, 6.45) is -4.83. The van der Waals surface area contributed by atoms with E-state index >= 15 is 0 Å². The predicted molar refractivity (Wildman–Crippen MR) is 79.7 cm³/mol. The first-order valence-electron chi connectivity index (χ1n) is 6.65. The Hall–Kier alpha value is -2.75. The van der Waals surface area contributed by atoms with Crippen LogP contribution in [0.4, 0.5) is 22.0 Å². The highest BCUT2D eigenvalue weighted by Gasteiger charge is 2.31. The van der Waals surface area contributed by atoms with E-state index in [1.165, 1.54) is 18.2 Å². The molecule has 0 atom stereocenters. The number of hydrogen-bond donors (Lipinski definition) is 0. The first-order valence-corrected chi connectivity index (χ1v) is 7.43. The summed E-state index contributed by atoms with van der Waals surface area (Å²) in [5.41, 5.74) is -1.08. The summed E-state index contributed by atoms with van der Waals surface area (Å²) in [6.45, 7) is 0. The minimum Gasteiger partial charge on any atom is -0.406 e. The maximum Gasteiger partial charge on any atom is 0.573 e. The van der Waals surface area contributed by atoms with Crippen molar-refractivity contribution in [2.75, 3.05) is 0 Å². The normalized spacial score (nSPS) is 11.6. The van der Waals surface area contributed by atoms with Crippen LogP contribution in [0, 0.1) is 11.6 Å². The SMILES string of the molecule is O=c1nc(-c2c(F)cccc2F)sn1-c1ccc(OC(F)(F)F)cc1. The third-order valence-electron chi connectivity index (χ3n) is 3.03. The maximum atomic E-state index is 13.8. The van der Waals surface area contributed by atoms with E-state index in [-0.39, 0.29) is 10.7 Å². The Morgan fingerprint density at radius 3 is 2.16 bits per heavy atom. The Morgan fingerprint density at radius 2 is 1.60 bits per heavy atom. The Labute approximate surface area is 140 Å². The number of hydrogen-bond acceptors (Lipinski definition) is 4. The highest BCUT2D eigenvalue weighted by molar-refractivity contribution is 7.10. The first kappa shape index (κ1) is 17.1. The van der Waals surface area contributed by atoms with Crippen LogP contribution in [-0.2, 0) is 0 Å². The molecule has 0 saturated heterocycles. The van der Waals surface area contributed by atoms with Crippen molar-refractivity contribution >= 4 is 11.5 Å². The topological polar surface area (TPSA) is 44.1 Å². The second-order valence-electron chi connectivity index (χ2n) is 4.72. The van der Waals surface area contributed by atoms with Gasteiger partial charge in [0.05, 0.1) is 11.3 Å². The van der Waals surface area contributed by atoms with Gasteiger partial charge in [-0.3, -0.25) is 0 Å². The van der Waals surface area contributed by atoms with Crippen molar-refractivity contribution in [2.45, 2.75) is 6.36 Å². The van der Waals surface area contributed by atoms with Gasteiger partial charge >= 0.3 is 12.1 Å². The minimum atomic E-state index is -4.83. The molecule has 2 aromatic carbocycles. The molecule has 0 amide bonds. The molecule has 10 heteroatoms. The van der Waals surface area contributed by atoms with Gasteiger partial charge in [0.2, 0.25) is 0 Å². The summed E-state index contributed by atoms with van der Waals surface area (Å²) in [6, 6.07) is 7.64. The van der Waals surface area contributed by atoms with Crippen molar-refractivity contribution in [1.29, 1.82) is 0 Å². The second-order valence-corrected chi connectivity index (χ2v) is 5.66. The summed E-state index contributed by atoms with van der Waals surface area (Å²) >= 11 is 0.663. The average Bonchev–Trinajstić information content (AvgIpc) is 2.88. The Kier molecular flexibility index (Phi) is 4.29. The monoisotopic (exact) mass is 374 g/mol. The molecule has 3 rings (SSSR count). The molecule has 0 N–H and O–H groups in total. The van der Waals surface area contributed by atoms with Crippen LogP contribution in [0.1, 0.15) is 0 Å². The first-order chi connectivity index (χ1) is 11.7. The molecule has 0 fully saturated rings. The molecule has 4 nitrogen and oxygen atoms in total. The van der Waals surface area contributed by atoms with Crippen LogP contribution in [0.3, 0.4) is 0 Å². The molecule has 0 aliphatic carbocycles. The van der Waals surface area contributed by atoms with E-state index < -0.39 is 35.0 Å². The molecular weight excluding hydrogens is 367 g/mol. The Bertz CT molecular complexity index is 943. The number of ether oxygens (including phenoxy) is 1. The van der Waals surface area contributed by atoms with E-state index in [2.05, 4.69) is 9.72 Å². The van der Waals surface area contributed by atoms with Gasteiger partial charge in [-0.15, -0.1) is 13.2 Å². The van der Waals surface area contributed by atoms with Crippen LogP contribution in [0.2, 0.25) is 0 Å². The highest BCUT2D eigenvalue weighted by Crippen LogP contribution is 2.28. The summed E-state index contributed by atoms with van der Waals surface area (Å²) in [4.78, 5) is 15.6. The van der Waals surface area contributed by atoms with Crippen molar-refractivity contribution in [3.63, 3.8) is 0 Å². The summed E-state index contributed by atoms with van der Waals surface area (Å²) in [5, 5.41) is -0.184. The van der Waals surface area contributed by atoms with Crippen LogP contribution < -0.4 is 10.4 Å². The van der Waals surface area contributed by atoms with Gasteiger partial charge in [0, 0.05) is 0 Å². The second kappa shape index (κ2) is 6.28. The number of halogens is 5. The fraction of sp³-hybridized carbons (Fsp3) is 0.0667. The van der Waals surface area contributed by atoms with Crippen molar-refractivity contribution in [3.8, 4) is 22.0 Å². The van der Waals surface area contributed by atoms with Crippen molar-refractivity contribution in [2.24, 2.45) is 0 Å². The highest BCUT2D eigenvalue weighted by atomic mass is 32.1. The van der Waals surface area contributed by atoms with E-state index in [4.69, 9.17) is 0 Å². The van der Waals surface area contributed by atoms with Crippen molar-refractivity contribution in [1.82, 2.24) is 8.94 Å². The van der Waals surface area contributed by atoms with Crippen molar-refractivity contribution < 1.29 is 26.7 Å². The van der Waals surface area contributed by atoms with Gasteiger partial charge in [0.1, 0.15) is 17.4 Å². The molecule has 0 aliphatic heterocycles. The number of rotatable bonds is 3. The Morgan fingerprint density at radius 1 is 1.00 bits per heavy atom. The van der Waals surface area contributed by atoms with Crippen LogP contribution in [0.5, 0.6) is 5.75 Å². The predicted octanol–water partition coefficient (Wildman–Crippen LogP) is 4.14. The number of alkyl halides is 3. The van der Waals surface area contributed by atoms with Gasteiger partial charge < -0.3 is 4.74 Å². The molecular formula is C15H7F5N2O2S. The zero-order chi connectivity index (χ0) is 18.2. The average molecular weight is 374 g/mol. The fourth-order valence-corrected chi connectivity index (χ4v) is 2.95. The lowest BCUT2D eigenvalue weighted by atomic mass is 10.2. The summed E-state index contributed by atoms with van der Waals surface area (Å²) in [5.74, 6) is -2.22. The van der Waals surface area contributed by atoms with Gasteiger partial charge in [-0.05, 0) is 47.9 Å². The standard InChI is InChI=1S/C15H7F5N2O2S/c16-10-2-1-3-11(17)12(10)13-21-14(23)22(25-13)8-4-6-9(7-5-8)24-15(18,19)20/h1-7H. The smallest absolute Gasteiger partial charge is 0.406 e. The molecule has 0 radical (unpaired) electrons. The van der Waals surface area contributed by atoms with Crippen molar-refractivity contribution in [3.05, 3.63) is 64.6 Å². The Balaban J connectivity index is 1.97. The molecule has 0 saturated carbocycles. The summed E-state index contributed by atoms with van der Waals surface area (Å²) in [7, 11) is 0. The van der Waals surface area contributed by atoms with Crippen LogP contribution >= 0.6 is 11.5 Å². The molecule has 25 heavy (non-hydrogen) atoms. The lowest BCUT2D eigenvalue weighted by molar-refractivity contribution is -0.274. The quantitative estimate of drug-likeness (QED) is 0.648. The lowest BCUT2D eigenvalue weighted by Crippen LogP contribution is -2.17. The molecule has 130 valence electrons. The molecule has 1 aromatic heterocycles. The van der Waals surface area contributed by atoms with Crippen LogP contribution in [0.25, 0.3) is 16.3 Å². The molecule has 1 heterocycles. The number of nitrogens with zero attached hydrogens (tertiary/aromatic N) is 2. The van der Waals surface area contributed by atoms with Gasteiger partial charge in [0.25, 0.3) is 0 Å². The van der Waals surface area contributed by atoms with Gasteiger partial charge in [-0.25, -0.2) is 17.5 Å². The molecule has 3 aromatic rings. The zero-order valence-corrected chi connectivity index (χ0v) is 12.9. The molecule has 0 bridgehead atoms. The van der Waals surface area contributed by atoms with Gasteiger partial charge in [-0.2, -0.15) is 4.98 Å². The van der Waals surface area contributed by atoms with Gasteiger partial charge in [0.15, 0.2) is 5.01 Å². The molecule has 0 aliphatic rings. The van der Waals surface area contributed by atoms with E-state index in [1.54, 1.807) is 0 Å². The maximum absolute atomic E-state index is 13.8. The van der Waals surface area contributed by atoms with E-state index in [0.29, 0.717) is 11.5 Å². The van der Waals surface area contributed by atoms with Crippen LogP contribution in [0.15, 0.2) is 47.3 Å². The third-order valence-corrected chi connectivity index (χ3v) is 4.05. The fourth-order valence-electron chi connectivity index (χ4n) is 2.03. The largest absolute Gasteiger partial charge is 0.573 e. The zero-order valence-electron chi connectivity index (χ0n) is 12.1. The lowest BCUT2D eigenvalue weighted by Gasteiger charge is -2.08. The van der Waals surface area contributed by atoms with Crippen LogP contribution in [-0.4, -0.2) is 15.3 Å². The molecule has 0 unspecified atom stereocenters. The minimum absolute atomic E-state index is 0.181. The summed E-state index contributed by atoms with van der Waals surface area (Å²) < 4.78 is 68.7. The number of aromatic nitrogens is 2. The molecule has 0 spiro atoms. The number of benzene rings is 2. The third kappa shape index (κ3) is 3.68.